The number of unbranched alkanes of at least 4 members (excludes halogenated alkanes) is 1. The maximum atomic E-state index is 13.5. The Morgan fingerprint density at radius 2 is 2.10 bits per heavy atom. The summed E-state index contributed by atoms with van der Waals surface area (Å²) in [5, 5.41) is 3.04. The van der Waals surface area contributed by atoms with Crippen molar-refractivity contribution in [2.24, 2.45) is 0 Å². The Morgan fingerprint density at radius 1 is 1.45 bits per heavy atom. The zero-order valence-electron chi connectivity index (χ0n) is 12.8. The lowest BCUT2D eigenvalue weighted by Gasteiger charge is -2.40. The fraction of sp³-hybridized carbons (Fsp3) is 0.929. The summed E-state index contributed by atoms with van der Waals surface area (Å²) in [5.41, 5.74) is -0.620. The second-order valence-corrected chi connectivity index (χ2v) is 6.31. The first-order valence-electron chi connectivity index (χ1n) is 7.25. The number of carbonyl (C=O) groups excluding carboxylic acids is 1. The Labute approximate surface area is 119 Å². The fourth-order valence-corrected chi connectivity index (χ4v) is 2.10. The van der Waals surface area contributed by atoms with Gasteiger partial charge in [0.2, 0.25) is 0 Å². The number of piperidine rings is 1. The van der Waals surface area contributed by atoms with Gasteiger partial charge in [-0.1, -0.05) is 13.3 Å². The molecular weight excluding hydrogens is 266 g/mol. The number of hydrogen-bond acceptors (Lipinski definition) is 3. The number of likely N-dealkylation sites (tertiary alicyclic amines) is 1. The minimum absolute atomic E-state index is 0.0195. The number of nitrogens with zero attached hydrogens (tertiary/aromatic N) is 1. The normalized spacial score (nSPS) is 22.7. The molecule has 1 N–H and O–H groups in total. The van der Waals surface area contributed by atoms with Crippen molar-refractivity contribution in [1.29, 1.82) is 0 Å². The number of ether oxygens (including phenoxy) is 1. The van der Waals surface area contributed by atoms with Crippen molar-refractivity contribution in [2.75, 3.05) is 13.1 Å². The molecule has 0 aromatic heterocycles. The highest BCUT2D eigenvalue weighted by atomic mass is 19.3. The lowest BCUT2D eigenvalue weighted by molar-refractivity contribution is -0.0857. The number of hydrogen-bond donors (Lipinski definition) is 1. The fourth-order valence-electron chi connectivity index (χ4n) is 2.10. The molecule has 0 aromatic rings. The molecule has 118 valence electrons. The third-order valence-electron chi connectivity index (χ3n) is 3.12. The summed E-state index contributed by atoms with van der Waals surface area (Å²) in [5.74, 6) is -2.72. The average molecular weight is 292 g/mol. The molecule has 0 spiro atoms. The van der Waals surface area contributed by atoms with E-state index < -0.39 is 23.8 Å². The van der Waals surface area contributed by atoms with Gasteiger partial charge in [-0.15, -0.1) is 0 Å². The molecular formula is C14H26F2N2O2. The predicted octanol–water partition coefficient (Wildman–Crippen LogP) is 3.37. The lowest BCUT2D eigenvalue weighted by atomic mass is 10.0. The van der Waals surface area contributed by atoms with Gasteiger partial charge in [-0.3, -0.25) is 10.2 Å². The van der Waals surface area contributed by atoms with Crippen molar-refractivity contribution in [3.8, 4) is 0 Å². The highest BCUT2D eigenvalue weighted by Crippen LogP contribution is 2.31. The van der Waals surface area contributed by atoms with Gasteiger partial charge < -0.3 is 4.74 Å². The summed E-state index contributed by atoms with van der Waals surface area (Å²) in [6, 6.07) is 0. The molecule has 6 heteroatoms. The molecule has 20 heavy (non-hydrogen) atoms. The molecule has 4 nitrogen and oxygen atoms in total. The summed E-state index contributed by atoms with van der Waals surface area (Å²) in [6.45, 7) is 7.97. The molecule has 0 aliphatic carbocycles. The van der Waals surface area contributed by atoms with Crippen LogP contribution in [0.4, 0.5) is 13.6 Å². The maximum Gasteiger partial charge on any atom is 0.411 e. The minimum Gasteiger partial charge on any atom is -0.444 e. The smallest absolute Gasteiger partial charge is 0.411 e. The van der Waals surface area contributed by atoms with E-state index in [1.165, 1.54) is 4.90 Å². The number of alkyl halides is 2. The van der Waals surface area contributed by atoms with Gasteiger partial charge in [-0.05, 0) is 33.7 Å². The van der Waals surface area contributed by atoms with E-state index in [-0.39, 0.29) is 19.4 Å². The van der Waals surface area contributed by atoms with Gasteiger partial charge in [0.1, 0.15) is 5.60 Å². The van der Waals surface area contributed by atoms with Crippen LogP contribution in [0.2, 0.25) is 0 Å². The second kappa shape index (κ2) is 6.70. The Hall–Kier alpha value is -0.910. The van der Waals surface area contributed by atoms with E-state index in [4.69, 9.17) is 4.74 Å². The lowest BCUT2D eigenvalue weighted by Crippen LogP contribution is -2.57. The van der Waals surface area contributed by atoms with Crippen LogP contribution in [0.5, 0.6) is 0 Å². The maximum absolute atomic E-state index is 13.5. The number of halogens is 2. The van der Waals surface area contributed by atoms with Crippen LogP contribution in [-0.4, -0.2) is 41.8 Å². The van der Waals surface area contributed by atoms with E-state index in [9.17, 15) is 13.6 Å². The summed E-state index contributed by atoms with van der Waals surface area (Å²) in [6.07, 6.45) is 0.0307. The highest BCUT2D eigenvalue weighted by molar-refractivity contribution is 5.68. The number of amides is 1. The SMILES string of the molecule is CCCCNC1CC(F)(F)CCN1C(=O)OC(C)(C)C. The summed E-state index contributed by atoms with van der Waals surface area (Å²) in [7, 11) is 0. The van der Waals surface area contributed by atoms with Crippen LogP contribution in [0.15, 0.2) is 0 Å². The topological polar surface area (TPSA) is 41.6 Å². The quantitative estimate of drug-likeness (QED) is 0.808. The van der Waals surface area contributed by atoms with Crippen LogP contribution in [-0.2, 0) is 4.74 Å². The van der Waals surface area contributed by atoms with Gasteiger partial charge in [0.25, 0.3) is 5.92 Å². The largest absolute Gasteiger partial charge is 0.444 e. The molecule has 0 aromatic carbocycles. The predicted molar refractivity (Wildman–Crippen MR) is 73.8 cm³/mol. The van der Waals surface area contributed by atoms with Crippen molar-refractivity contribution in [3.63, 3.8) is 0 Å². The van der Waals surface area contributed by atoms with Crippen LogP contribution < -0.4 is 5.32 Å². The van der Waals surface area contributed by atoms with Crippen molar-refractivity contribution in [3.05, 3.63) is 0 Å². The zero-order chi connectivity index (χ0) is 15.4. The highest BCUT2D eigenvalue weighted by Gasteiger charge is 2.42. The minimum atomic E-state index is -2.72. The van der Waals surface area contributed by atoms with E-state index in [0.717, 1.165) is 12.8 Å². The van der Waals surface area contributed by atoms with Crippen molar-refractivity contribution < 1.29 is 18.3 Å². The van der Waals surface area contributed by atoms with Crippen LogP contribution >= 0.6 is 0 Å². The zero-order valence-corrected chi connectivity index (χ0v) is 12.8. The monoisotopic (exact) mass is 292 g/mol. The second-order valence-electron chi connectivity index (χ2n) is 6.31. The van der Waals surface area contributed by atoms with E-state index >= 15 is 0 Å². The Bertz CT molecular complexity index is 330. The third kappa shape index (κ3) is 5.61. The molecule has 1 heterocycles. The molecule has 1 fully saturated rings. The van der Waals surface area contributed by atoms with Crippen molar-refractivity contribution >= 4 is 6.09 Å². The van der Waals surface area contributed by atoms with E-state index in [0.29, 0.717) is 6.54 Å². The Balaban J connectivity index is 2.67. The third-order valence-corrected chi connectivity index (χ3v) is 3.12. The van der Waals surface area contributed by atoms with Gasteiger partial charge >= 0.3 is 6.09 Å². The van der Waals surface area contributed by atoms with Crippen LogP contribution in [0.3, 0.4) is 0 Å². The van der Waals surface area contributed by atoms with Crippen LogP contribution in [0.25, 0.3) is 0 Å². The summed E-state index contributed by atoms with van der Waals surface area (Å²) in [4.78, 5) is 13.5. The molecule has 1 unspecified atom stereocenters. The van der Waals surface area contributed by atoms with Gasteiger partial charge in [0, 0.05) is 19.4 Å². The number of nitrogens with one attached hydrogen (secondary N) is 1. The molecule has 0 bridgehead atoms. The average Bonchev–Trinajstić information content (AvgIpc) is 2.25. The standard InChI is InChI=1S/C14H26F2N2O2/c1-5-6-8-17-11-10-14(15,16)7-9-18(11)12(19)20-13(2,3)4/h11,17H,5-10H2,1-4H3. The van der Waals surface area contributed by atoms with Crippen molar-refractivity contribution in [2.45, 2.75) is 71.1 Å². The summed E-state index contributed by atoms with van der Waals surface area (Å²) >= 11 is 0. The van der Waals surface area contributed by atoms with E-state index in [2.05, 4.69) is 5.32 Å². The molecule has 1 amide bonds. The summed E-state index contributed by atoms with van der Waals surface area (Å²) < 4.78 is 32.3. The van der Waals surface area contributed by atoms with Crippen LogP contribution in [0.1, 0.15) is 53.4 Å². The molecule has 0 saturated carbocycles. The number of rotatable bonds is 4. The van der Waals surface area contributed by atoms with E-state index in [1.807, 2.05) is 6.92 Å². The molecule has 0 radical (unpaired) electrons. The van der Waals surface area contributed by atoms with Crippen molar-refractivity contribution in [1.82, 2.24) is 10.2 Å². The van der Waals surface area contributed by atoms with Crippen LogP contribution in [0, 0.1) is 0 Å². The Morgan fingerprint density at radius 3 is 2.65 bits per heavy atom. The first kappa shape index (κ1) is 17.1. The molecule has 1 aliphatic heterocycles. The Kier molecular flexibility index (Phi) is 5.74. The molecule has 1 atom stereocenters. The molecule has 1 rings (SSSR count). The van der Waals surface area contributed by atoms with E-state index in [1.54, 1.807) is 20.8 Å². The first-order valence-corrected chi connectivity index (χ1v) is 7.25. The van der Waals surface area contributed by atoms with Gasteiger partial charge in [0.15, 0.2) is 0 Å². The number of carbonyl (C=O) groups is 1. The van der Waals surface area contributed by atoms with Gasteiger partial charge in [-0.25, -0.2) is 13.6 Å². The van der Waals surface area contributed by atoms with Gasteiger partial charge in [-0.2, -0.15) is 0 Å². The first-order chi connectivity index (χ1) is 9.14. The molecule has 1 aliphatic rings. The molecule has 1 saturated heterocycles. The van der Waals surface area contributed by atoms with Gasteiger partial charge in [0.05, 0.1) is 6.17 Å².